The third kappa shape index (κ3) is 3.79. The Balaban J connectivity index is 2.03. The van der Waals surface area contributed by atoms with Crippen LogP contribution >= 0.6 is 15.9 Å². The van der Waals surface area contributed by atoms with Crippen molar-refractivity contribution in [1.82, 2.24) is 10.3 Å². The third-order valence-electron chi connectivity index (χ3n) is 3.68. The SMILES string of the molecule is CN(Cc1ccc(C(=O)NN)cc1Br)C1CCOCC1. The second kappa shape index (κ2) is 7.17. The first kappa shape index (κ1) is 15.4. The van der Waals surface area contributed by atoms with E-state index in [0.29, 0.717) is 11.6 Å². The number of carbonyl (C=O) groups excluding carboxylic acids is 1. The molecule has 0 unspecified atom stereocenters. The maximum atomic E-state index is 11.5. The van der Waals surface area contributed by atoms with E-state index in [1.165, 1.54) is 0 Å². The Bertz CT molecular complexity index is 475. The van der Waals surface area contributed by atoms with Crippen LogP contribution in [0, 0.1) is 0 Å². The summed E-state index contributed by atoms with van der Waals surface area (Å²) in [7, 11) is 2.13. The Kier molecular flexibility index (Phi) is 5.54. The van der Waals surface area contributed by atoms with Gasteiger partial charge in [0.15, 0.2) is 0 Å². The average molecular weight is 342 g/mol. The number of nitrogens with one attached hydrogen (secondary N) is 1. The second-order valence-electron chi connectivity index (χ2n) is 5.04. The molecule has 1 fully saturated rings. The maximum Gasteiger partial charge on any atom is 0.265 e. The minimum atomic E-state index is -0.282. The van der Waals surface area contributed by atoms with E-state index in [9.17, 15) is 4.79 Å². The molecule has 20 heavy (non-hydrogen) atoms. The molecule has 0 aliphatic carbocycles. The Morgan fingerprint density at radius 1 is 1.50 bits per heavy atom. The number of halogens is 1. The van der Waals surface area contributed by atoms with Crippen LogP contribution in [-0.4, -0.2) is 37.1 Å². The van der Waals surface area contributed by atoms with Crippen molar-refractivity contribution >= 4 is 21.8 Å². The van der Waals surface area contributed by atoms with Gasteiger partial charge in [-0.15, -0.1) is 0 Å². The molecule has 0 bridgehead atoms. The summed E-state index contributed by atoms with van der Waals surface area (Å²) in [6, 6.07) is 6.11. The normalized spacial score (nSPS) is 16.4. The topological polar surface area (TPSA) is 67.6 Å². The van der Waals surface area contributed by atoms with Gasteiger partial charge in [0.05, 0.1) is 0 Å². The molecule has 0 radical (unpaired) electrons. The summed E-state index contributed by atoms with van der Waals surface area (Å²) >= 11 is 3.52. The number of rotatable bonds is 4. The highest BCUT2D eigenvalue weighted by molar-refractivity contribution is 9.10. The van der Waals surface area contributed by atoms with Gasteiger partial charge in [-0.1, -0.05) is 22.0 Å². The lowest BCUT2D eigenvalue weighted by Gasteiger charge is -2.31. The van der Waals surface area contributed by atoms with E-state index < -0.39 is 0 Å². The van der Waals surface area contributed by atoms with Gasteiger partial charge in [0.2, 0.25) is 0 Å². The summed E-state index contributed by atoms with van der Waals surface area (Å²) < 4.78 is 6.31. The van der Waals surface area contributed by atoms with Gasteiger partial charge in [-0.25, -0.2) is 5.84 Å². The van der Waals surface area contributed by atoms with Gasteiger partial charge >= 0.3 is 0 Å². The van der Waals surface area contributed by atoms with Crippen molar-refractivity contribution in [1.29, 1.82) is 0 Å². The predicted octanol–water partition coefficient (Wildman–Crippen LogP) is 1.66. The Morgan fingerprint density at radius 2 is 2.20 bits per heavy atom. The van der Waals surface area contributed by atoms with Crippen molar-refractivity contribution in [3.63, 3.8) is 0 Å². The van der Waals surface area contributed by atoms with E-state index >= 15 is 0 Å². The van der Waals surface area contributed by atoms with E-state index in [1.807, 2.05) is 6.07 Å². The summed E-state index contributed by atoms with van der Waals surface area (Å²) in [5.74, 6) is 4.85. The van der Waals surface area contributed by atoms with Crippen LogP contribution in [0.4, 0.5) is 0 Å². The molecule has 0 saturated carbocycles. The molecule has 3 N–H and O–H groups in total. The van der Waals surface area contributed by atoms with Crippen molar-refractivity contribution in [2.24, 2.45) is 5.84 Å². The summed E-state index contributed by atoms with van der Waals surface area (Å²) in [5, 5.41) is 0. The van der Waals surface area contributed by atoms with Crippen molar-refractivity contribution in [2.45, 2.75) is 25.4 Å². The highest BCUT2D eigenvalue weighted by atomic mass is 79.9. The molecular formula is C14H20BrN3O2. The minimum absolute atomic E-state index is 0.282. The van der Waals surface area contributed by atoms with Crippen LogP contribution < -0.4 is 11.3 Å². The van der Waals surface area contributed by atoms with Crippen LogP contribution in [0.1, 0.15) is 28.8 Å². The molecule has 2 rings (SSSR count). The summed E-state index contributed by atoms with van der Waals surface area (Å²) in [6.07, 6.45) is 2.14. The van der Waals surface area contributed by atoms with Crippen LogP contribution in [0.3, 0.4) is 0 Å². The standard InChI is InChI=1S/C14H20BrN3O2/c1-18(12-4-6-20-7-5-12)9-11-3-2-10(8-13(11)15)14(19)17-16/h2-3,8,12H,4-7,9,16H2,1H3,(H,17,19). The van der Waals surface area contributed by atoms with Gasteiger partial charge in [0.1, 0.15) is 0 Å². The highest BCUT2D eigenvalue weighted by Crippen LogP contribution is 2.22. The molecule has 1 aromatic carbocycles. The first-order valence-corrected chi connectivity index (χ1v) is 7.48. The molecule has 0 spiro atoms. The number of hydrogen-bond donors (Lipinski definition) is 2. The molecule has 0 atom stereocenters. The van der Waals surface area contributed by atoms with Gasteiger partial charge < -0.3 is 4.74 Å². The monoisotopic (exact) mass is 341 g/mol. The summed E-state index contributed by atoms with van der Waals surface area (Å²) in [5.41, 5.74) is 3.85. The second-order valence-corrected chi connectivity index (χ2v) is 5.89. The first-order valence-electron chi connectivity index (χ1n) is 6.69. The third-order valence-corrected chi connectivity index (χ3v) is 4.42. The van der Waals surface area contributed by atoms with Gasteiger partial charge in [-0.3, -0.25) is 15.1 Å². The summed E-state index contributed by atoms with van der Waals surface area (Å²) in [4.78, 5) is 13.8. The number of hydrogen-bond acceptors (Lipinski definition) is 4. The number of nitrogens with zero attached hydrogens (tertiary/aromatic N) is 1. The summed E-state index contributed by atoms with van der Waals surface area (Å²) in [6.45, 7) is 2.52. The van der Waals surface area contributed by atoms with Crippen LogP contribution in [-0.2, 0) is 11.3 Å². The van der Waals surface area contributed by atoms with Gasteiger partial charge in [-0.2, -0.15) is 0 Å². The lowest BCUT2D eigenvalue weighted by Crippen LogP contribution is -2.36. The molecule has 6 heteroatoms. The zero-order valence-electron chi connectivity index (χ0n) is 11.6. The molecule has 1 amide bonds. The molecule has 1 saturated heterocycles. The number of benzene rings is 1. The molecule has 110 valence electrons. The van der Waals surface area contributed by atoms with Crippen molar-refractivity contribution < 1.29 is 9.53 Å². The number of nitrogens with two attached hydrogens (primary N) is 1. The lowest BCUT2D eigenvalue weighted by atomic mass is 10.1. The number of ether oxygens (including phenoxy) is 1. The van der Waals surface area contributed by atoms with Crippen LogP contribution in [0.15, 0.2) is 22.7 Å². The van der Waals surface area contributed by atoms with Gasteiger partial charge in [-0.05, 0) is 37.6 Å². The fourth-order valence-electron chi connectivity index (χ4n) is 2.42. The Hall–Kier alpha value is -0.950. The number of hydrazine groups is 1. The number of amides is 1. The van der Waals surface area contributed by atoms with E-state index in [0.717, 1.165) is 42.6 Å². The minimum Gasteiger partial charge on any atom is -0.381 e. The number of nitrogen functional groups attached to an aromatic ring is 1. The molecule has 1 heterocycles. The lowest BCUT2D eigenvalue weighted by molar-refractivity contribution is 0.0406. The zero-order chi connectivity index (χ0) is 14.5. The van der Waals surface area contributed by atoms with Crippen molar-refractivity contribution in [3.05, 3.63) is 33.8 Å². The molecule has 1 aliphatic heterocycles. The van der Waals surface area contributed by atoms with E-state index in [1.54, 1.807) is 12.1 Å². The van der Waals surface area contributed by atoms with Crippen LogP contribution in [0.2, 0.25) is 0 Å². The molecule has 1 aromatic rings. The zero-order valence-corrected chi connectivity index (χ0v) is 13.1. The van der Waals surface area contributed by atoms with E-state index in [-0.39, 0.29) is 5.91 Å². The smallest absolute Gasteiger partial charge is 0.265 e. The average Bonchev–Trinajstić information content (AvgIpc) is 2.49. The van der Waals surface area contributed by atoms with Crippen LogP contribution in [0.5, 0.6) is 0 Å². The molecular weight excluding hydrogens is 322 g/mol. The molecule has 5 nitrogen and oxygen atoms in total. The fourth-order valence-corrected chi connectivity index (χ4v) is 2.93. The van der Waals surface area contributed by atoms with Gasteiger partial charge in [0.25, 0.3) is 5.91 Å². The predicted molar refractivity (Wildman–Crippen MR) is 81.1 cm³/mol. The maximum absolute atomic E-state index is 11.5. The van der Waals surface area contributed by atoms with E-state index in [4.69, 9.17) is 10.6 Å². The van der Waals surface area contributed by atoms with Crippen molar-refractivity contribution in [2.75, 3.05) is 20.3 Å². The molecule has 1 aliphatic rings. The fraction of sp³-hybridized carbons (Fsp3) is 0.500. The van der Waals surface area contributed by atoms with Crippen molar-refractivity contribution in [3.8, 4) is 0 Å². The Labute approximate surface area is 127 Å². The van der Waals surface area contributed by atoms with E-state index in [2.05, 4.69) is 33.3 Å². The Morgan fingerprint density at radius 3 is 2.80 bits per heavy atom. The first-order chi connectivity index (χ1) is 9.61. The van der Waals surface area contributed by atoms with Gasteiger partial charge in [0, 0.05) is 35.8 Å². The van der Waals surface area contributed by atoms with Crippen LogP contribution in [0.25, 0.3) is 0 Å². The quantitative estimate of drug-likeness (QED) is 0.496. The number of carbonyl (C=O) groups is 1. The molecule has 0 aromatic heterocycles. The highest BCUT2D eigenvalue weighted by Gasteiger charge is 2.19. The largest absolute Gasteiger partial charge is 0.381 e.